The van der Waals surface area contributed by atoms with E-state index in [0.717, 1.165) is 19.3 Å². The van der Waals surface area contributed by atoms with Gasteiger partial charge in [-0.25, -0.2) is 17.6 Å². The minimum absolute atomic E-state index is 0.0159. The molecule has 0 saturated heterocycles. The zero-order valence-electron chi connectivity index (χ0n) is 14.0. The van der Waals surface area contributed by atoms with Gasteiger partial charge >= 0.3 is 0 Å². The third kappa shape index (κ3) is 2.64. The molecule has 136 valence electrons. The van der Waals surface area contributed by atoms with Gasteiger partial charge in [-0.05, 0) is 74.7 Å². The van der Waals surface area contributed by atoms with Crippen LogP contribution in [-0.2, 0) is 0 Å². The molecule has 4 aliphatic rings. The fourth-order valence-corrected chi connectivity index (χ4v) is 5.87. The van der Waals surface area contributed by atoms with Gasteiger partial charge in [-0.15, -0.1) is 0 Å². The highest BCUT2D eigenvalue weighted by Crippen LogP contribution is 2.61. The van der Waals surface area contributed by atoms with Crippen LogP contribution in [0.3, 0.4) is 0 Å². The number of amides is 1. The van der Waals surface area contributed by atoms with E-state index in [0.29, 0.717) is 23.8 Å². The molecule has 4 bridgehead atoms. The smallest absolute Gasteiger partial charge is 0.254 e. The number of benzene rings is 1. The molecule has 0 radical (unpaired) electrons. The first-order valence-electron chi connectivity index (χ1n) is 8.93. The van der Waals surface area contributed by atoms with Gasteiger partial charge < -0.3 is 5.32 Å². The maximum atomic E-state index is 13.9. The minimum Gasteiger partial charge on any atom is -0.349 e. The van der Waals surface area contributed by atoms with Crippen LogP contribution in [0.15, 0.2) is 6.07 Å². The Kier molecular flexibility index (Phi) is 3.85. The fourth-order valence-electron chi connectivity index (χ4n) is 5.87. The van der Waals surface area contributed by atoms with E-state index in [1.54, 1.807) is 0 Å². The van der Waals surface area contributed by atoms with Crippen LogP contribution >= 0.6 is 0 Å². The largest absolute Gasteiger partial charge is 0.349 e. The van der Waals surface area contributed by atoms with E-state index < -0.39 is 34.7 Å². The summed E-state index contributed by atoms with van der Waals surface area (Å²) >= 11 is 0. The first-order valence-corrected chi connectivity index (χ1v) is 8.93. The van der Waals surface area contributed by atoms with Crippen molar-refractivity contribution in [2.24, 2.45) is 23.2 Å². The molecular weight excluding hydrogens is 334 g/mol. The molecule has 4 fully saturated rings. The van der Waals surface area contributed by atoms with Gasteiger partial charge in [0.2, 0.25) is 0 Å². The first kappa shape index (κ1) is 16.9. The molecule has 0 heterocycles. The predicted molar refractivity (Wildman–Crippen MR) is 83.8 cm³/mol. The van der Waals surface area contributed by atoms with Crippen molar-refractivity contribution in [3.05, 3.63) is 34.9 Å². The third-order valence-electron chi connectivity index (χ3n) is 6.70. The molecular formula is C19H21F4NO. The summed E-state index contributed by atoms with van der Waals surface area (Å²) < 4.78 is 53.7. The Morgan fingerprint density at radius 1 is 1.00 bits per heavy atom. The monoisotopic (exact) mass is 355 g/mol. The summed E-state index contributed by atoms with van der Waals surface area (Å²) in [6.07, 6.45) is 6.87. The molecule has 6 heteroatoms. The van der Waals surface area contributed by atoms with Gasteiger partial charge in [-0.1, -0.05) is 0 Å². The van der Waals surface area contributed by atoms with Crippen LogP contribution in [-0.4, -0.2) is 11.9 Å². The highest BCUT2D eigenvalue weighted by molar-refractivity contribution is 5.94. The molecule has 0 aliphatic heterocycles. The summed E-state index contributed by atoms with van der Waals surface area (Å²) in [5.74, 6) is -5.90. The van der Waals surface area contributed by atoms with E-state index in [-0.39, 0.29) is 11.5 Å². The lowest BCUT2D eigenvalue weighted by Crippen LogP contribution is -2.55. The van der Waals surface area contributed by atoms with Gasteiger partial charge in [0.25, 0.3) is 5.91 Å². The molecule has 0 aromatic heterocycles. The van der Waals surface area contributed by atoms with E-state index in [1.165, 1.54) is 19.3 Å². The van der Waals surface area contributed by atoms with Crippen molar-refractivity contribution < 1.29 is 22.4 Å². The number of carbonyl (C=O) groups is 1. The second kappa shape index (κ2) is 5.71. The number of carbonyl (C=O) groups excluding carboxylic acids is 1. The van der Waals surface area contributed by atoms with Crippen molar-refractivity contribution in [3.63, 3.8) is 0 Å². The predicted octanol–water partition coefficient (Wildman–Crippen LogP) is 4.58. The molecule has 0 spiro atoms. The number of nitrogens with one attached hydrogen (secondary N) is 1. The second-order valence-corrected chi connectivity index (χ2v) is 8.32. The van der Waals surface area contributed by atoms with Crippen molar-refractivity contribution in [2.75, 3.05) is 0 Å². The summed E-state index contributed by atoms with van der Waals surface area (Å²) in [5, 5.41) is 2.73. The number of halogens is 4. The zero-order valence-corrected chi connectivity index (χ0v) is 14.0. The molecule has 1 atom stereocenters. The van der Waals surface area contributed by atoms with Gasteiger partial charge in [0.15, 0.2) is 23.3 Å². The van der Waals surface area contributed by atoms with Crippen LogP contribution in [0, 0.1) is 46.4 Å². The molecule has 1 aromatic rings. The lowest BCUT2D eigenvalue weighted by molar-refractivity contribution is -0.0688. The van der Waals surface area contributed by atoms with Crippen molar-refractivity contribution >= 4 is 5.91 Å². The zero-order chi connectivity index (χ0) is 17.9. The lowest BCUT2D eigenvalue weighted by Gasteiger charge is -2.59. The quantitative estimate of drug-likeness (QED) is 0.480. The Hall–Kier alpha value is -1.59. The van der Waals surface area contributed by atoms with E-state index in [2.05, 4.69) is 5.32 Å². The number of rotatable bonds is 3. The summed E-state index contributed by atoms with van der Waals surface area (Å²) in [4.78, 5) is 12.4. The summed E-state index contributed by atoms with van der Waals surface area (Å²) in [5.41, 5.74) is -0.800. The lowest BCUT2D eigenvalue weighted by atomic mass is 9.48. The second-order valence-electron chi connectivity index (χ2n) is 8.32. The van der Waals surface area contributed by atoms with E-state index in [4.69, 9.17) is 0 Å². The molecule has 0 unspecified atom stereocenters. The SMILES string of the molecule is C[C@H](NC(=O)c1cc(F)c(F)c(F)c1F)C12CC3CC(CC(C3)C1)C2. The number of hydrogen-bond acceptors (Lipinski definition) is 1. The van der Waals surface area contributed by atoms with Gasteiger partial charge in [-0.3, -0.25) is 4.79 Å². The Labute approximate surface area is 144 Å². The van der Waals surface area contributed by atoms with Gasteiger partial charge in [0.05, 0.1) is 5.56 Å². The van der Waals surface area contributed by atoms with Crippen LogP contribution in [0.2, 0.25) is 0 Å². The van der Waals surface area contributed by atoms with Crippen molar-refractivity contribution in [1.82, 2.24) is 5.32 Å². The van der Waals surface area contributed by atoms with E-state index in [1.807, 2.05) is 6.92 Å². The molecule has 4 saturated carbocycles. The molecule has 4 aliphatic carbocycles. The number of hydrogen-bond donors (Lipinski definition) is 1. The Bertz CT molecular complexity index is 697. The van der Waals surface area contributed by atoms with E-state index in [9.17, 15) is 22.4 Å². The van der Waals surface area contributed by atoms with Crippen LogP contribution in [0.1, 0.15) is 55.8 Å². The highest BCUT2D eigenvalue weighted by atomic mass is 19.2. The molecule has 1 N–H and O–H groups in total. The standard InChI is InChI=1S/C19H21F4NO/c1-9(19-6-10-2-11(7-19)4-12(3-10)8-19)24-18(25)13-5-14(20)16(22)17(23)15(13)21/h5,9-12H,2-4,6-8H2,1H3,(H,24,25)/t9-,10?,11?,12?,19?/m0/s1. The van der Waals surface area contributed by atoms with E-state index >= 15 is 0 Å². The topological polar surface area (TPSA) is 29.1 Å². The Morgan fingerprint density at radius 3 is 2.04 bits per heavy atom. The average molecular weight is 355 g/mol. The first-order chi connectivity index (χ1) is 11.8. The molecule has 5 rings (SSSR count). The summed E-state index contributed by atoms with van der Waals surface area (Å²) in [6.45, 7) is 1.89. The third-order valence-corrected chi connectivity index (χ3v) is 6.70. The minimum atomic E-state index is -1.95. The Balaban J connectivity index is 1.55. The van der Waals surface area contributed by atoms with Gasteiger partial charge in [-0.2, -0.15) is 0 Å². The normalized spacial score (nSPS) is 34.2. The summed E-state index contributed by atoms with van der Waals surface area (Å²) in [6, 6.07) is 0.208. The Morgan fingerprint density at radius 2 is 1.52 bits per heavy atom. The highest BCUT2D eigenvalue weighted by Gasteiger charge is 2.53. The average Bonchev–Trinajstić information content (AvgIpc) is 2.54. The maximum Gasteiger partial charge on any atom is 0.254 e. The fraction of sp³-hybridized carbons (Fsp3) is 0.632. The van der Waals surface area contributed by atoms with Gasteiger partial charge in [0.1, 0.15) is 0 Å². The van der Waals surface area contributed by atoms with Crippen LogP contribution < -0.4 is 5.32 Å². The van der Waals surface area contributed by atoms with Crippen molar-refractivity contribution in [1.29, 1.82) is 0 Å². The van der Waals surface area contributed by atoms with Crippen molar-refractivity contribution in [3.8, 4) is 0 Å². The molecule has 1 aromatic carbocycles. The molecule has 1 amide bonds. The van der Waals surface area contributed by atoms with Crippen LogP contribution in [0.4, 0.5) is 17.6 Å². The van der Waals surface area contributed by atoms with Crippen LogP contribution in [0.25, 0.3) is 0 Å². The summed E-state index contributed by atoms with van der Waals surface area (Å²) in [7, 11) is 0. The molecule has 2 nitrogen and oxygen atoms in total. The maximum absolute atomic E-state index is 13.9. The van der Waals surface area contributed by atoms with Crippen molar-refractivity contribution in [2.45, 2.75) is 51.5 Å². The van der Waals surface area contributed by atoms with Gasteiger partial charge in [0, 0.05) is 6.04 Å². The van der Waals surface area contributed by atoms with Crippen LogP contribution in [0.5, 0.6) is 0 Å². The molecule has 25 heavy (non-hydrogen) atoms.